The third-order valence-corrected chi connectivity index (χ3v) is 4.38. The maximum atomic E-state index is 3.74. The minimum absolute atomic E-state index is 0.155. The second-order valence-electron chi connectivity index (χ2n) is 8.01. The number of benzene rings is 1. The number of nitrogens with zero attached hydrogens (tertiary/aromatic N) is 2. The van der Waals surface area contributed by atoms with E-state index >= 15 is 0 Å². The molecule has 0 atom stereocenters. The molecule has 0 aliphatic carbocycles. The van der Waals surface area contributed by atoms with Gasteiger partial charge >= 0.3 is 0 Å². The third-order valence-electron chi connectivity index (χ3n) is 4.38. The molecule has 1 N–H and O–H groups in total. The summed E-state index contributed by atoms with van der Waals surface area (Å²) in [5.74, 6) is 0.647. The van der Waals surface area contributed by atoms with Gasteiger partial charge in [-0.3, -0.25) is 0 Å². The van der Waals surface area contributed by atoms with E-state index in [1.165, 1.54) is 16.9 Å². The molecule has 2 rings (SSSR count). The van der Waals surface area contributed by atoms with Crippen LogP contribution in [0.2, 0.25) is 0 Å². The Hall–Kier alpha value is -1.22. The Bertz CT molecular complexity index is 480. The summed E-state index contributed by atoms with van der Waals surface area (Å²) >= 11 is 0. The number of nitrogens with one attached hydrogen (secondary N) is 1. The van der Waals surface area contributed by atoms with Crippen molar-refractivity contribution in [1.29, 1.82) is 0 Å². The average molecular weight is 303 g/mol. The highest BCUT2D eigenvalue weighted by Crippen LogP contribution is 2.37. The van der Waals surface area contributed by atoms with Crippen LogP contribution in [-0.2, 0) is 5.41 Å². The Labute approximate surface area is 136 Å². The molecule has 1 aromatic rings. The van der Waals surface area contributed by atoms with E-state index in [1.807, 2.05) is 0 Å². The molecule has 0 radical (unpaired) electrons. The maximum Gasteiger partial charge on any atom is 0.0616 e. The van der Waals surface area contributed by atoms with Crippen molar-refractivity contribution in [2.24, 2.45) is 5.92 Å². The molecule has 3 heteroatoms. The van der Waals surface area contributed by atoms with Crippen LogP contribution in [0, 0.1) is 5.92 Å². The van der Waals surface area contributed by atoms with Gasteiger partial charge in [0.25, 0.3) is 0 Å². The van der Waals surface area contributed by atoms with Gasteiger partial charge in [0.2, 0.25) is 0 Å². The lowest BCUT2D eigenvalue weighted by Gasteiger charge is -2.37. The summed E-state index contributed by atoms with van der Waals surface area (Å²) in [6.45, 7) is 17.0. The molecule has 1 fully saturated rings. The van der Waals surface area contributed by atoms with Gasteiger partial charge in [-0.15, -0.1) is 0 Å². The monoisotopic (exact) mass is 303 g/mol. The molecule has 1 aliphatic heterocycles. The number of likely N-dealkylation sites (N-methyl/N-ethyl adjacent to an activating group) is 1. The first-order chi connectivity index (χ1) is 10.3. The fourth-order valence-electron chi connectivity index (χ4n) is 2.97. The maximum absolute atomic E-state index is 3.74. The Morgan fingerprint density at radius 2 is 1.73 bits per heavy atom. The lowest BCUT2D eigenvalue weighted by Crippen LogP contribution is -2.44. The number of piperazine rings is 1. The Morgan fingerprint density at radius 1 is 1.09 bits per heavy atom. The molecule has 1 saturated heterocycles. The first kappa shape index (κ1) is 17.1. The van der Waals surface area contributed by atoms with E-state index in [9.17, 15) is 0 Å². The smallest absolute Gasteiger partial charge is 0.0616 e. The Morgan fingerprint density at radius 3 is 2.27 bits per heavy atom. The molecule has 124 valence electrons. The Balaban J connectivity index is 2.35. The molecule has 0 aromatic heterocycles. The van der Waals surface area contributed by atoms with Gasteiger partial charge in [-0.05, 0) is 30.0 Å². The molecule has 22 heavy (non-hydrogen) atoms. The van der Waals surface area contributed by atoms with Crippen LogP contribution in [-0.4, -0.2) is 44.7 Å². The second kappa shape index (κ2) is 6.91. The molecule has 0 bridgehead atoms. The van der Waals surface area contributed by atoms with Crippen LogP contribution in [0.5, 0.6) is 0 Å². The van der Waals surface area contributed by atoms with Crippen LogP contribution in [0.3, 0.4) is 0 Å². The summed E-state index contributed by atoms with van der Waals surface area (Å²) in [7, 11) is 2.21. The molecule has 0 spiro atoms. The van der Waals surface area contributed by atoms with Crippen LogP contribution in [0.25, 0.3) is 0 Å². The van der Waals surface area contributed by atoms with E-state index in [1.54, 1.807) is 0 Å². The zero-order valence-electron chi connectivity index (χ0n) is 15.2. The van der Waals surface area contributed by atoms with Gasteiger partial charge in [-0.1, -0.05) is 46.8 Å². The molecule has 0 saturated carbocycles. The lowest BCUT2D eigenvalue weighted by atomic mass is 9.85. The van der Waals surface area contributed by atoms with Crippen molar-refractivity contribution >= 4 is 11.4 Å². The zero-order valence-corrected chi connectivity index (χ0v) is 15.2. The molecule has 3 nitrogen and oxygen atoms in total. The fraction of sp³-hybridized carbons (Fsp3) is 0.684. The van der Waals surface area contributed by atoms with Gasteiger partial charge in [-0.2, -0.15) is 0 Å². The van der Waals surface area contributed by atoms with E-state index in [4.69, 9.17) is 0 Å². The summed E-state index contributed by atoms with van der Waals surface area (Å²) in [6, 6.07) is 6.78. The van der Waals surface area contributed by atoms with Crippen LogP contribution < -0.4 is 10.2 Å². The van der Waals surface area contributed by atoms with Crippen molar-refractivity contribution in [2.75, 3.05) is 50.0 Å². The largest absolute Gasteiger partial charge is 0.383 e. The summed E-state index contributed by atoms with van der Waals surface area (Å²) in [4.78, 5) is 4.95. The zero-order chi connectivity index (χ0) is 16.3. The van der Waals surface area contributed by atoms with Gasteiger partial charge in [0.05, 0.1) is 11.4 Å². The van der Waals surface area contributed by atoms with E-state index in [0.29, 0.717) is 5.92 Å². The SMILES string of the molecule is CC(C)CNc1c(N2CCN(C)CC2)cccc1C(C)(C)C. The molecular weight excluding hydrogens is 270 g/mol. The van der Waals surface area contributed by atoms with Gasteiger partial charge in [0.1, 0.15) is 0 Å². The first-order valence-electron chi connectivity index (χ1n) is 8.60. The van der Waals surface area contributed by atoms with Crippen LogP contribution in [0.15, 0.2) is 18.2 Å². The summed E-state index contributed by atoms with van der Waals surface area (Å²) in [5.41, 5.74) is 4.29. The summed E-state index contributed by atoms with van der Waals surface area (Å²) in [6.07, 6.45) is 0. The van der Waals surface area contributed by atoms with Gasteiger partial charge in [0.15, 0.2) is 0 Å². The van der Waals surface area contributed by atoms with Crippen LogP contribution in [0.4, 0.5) is 11.4 Å². The number of hydrogen-bond donors (Lipinski definition) is 1. The standard InChI is InChI=1S/C19H33N3/c1-15(2)14-20-18-16(19(3,4)5)8-7-9-17(18)22-12-10-21(6)11-13-22/h7-9,15,20H,10-14H2,1-6H3. The van der Waals surface area contributed by atoms with Gasteiger partial charge in [-0.25, -0.2) is 0 Å². The topological polar surface area (TPSA) is 18.5 Å². The highest BCUT2D eigenvalue weighted by Gasteiger charge is 2.23. The highest BCUT2D eigenvalue weighted by atomic mass is 15.3. The highest BCUT2D eigenvalue weighted by molar-refractivity contribution is 5.75. The number of anilines is 2. The molecule has 0 amide bonds. The average Bonchev–Trinajstić information content (AvgIpc) is 2.44. The molecular formula is C19H33N3. The van der Waals surface area contributed by atoms with Crippen LogP contribution >= 0.6 is 0 Å². The molecule has 1 aliphatic rings. The quantitative estimate of drug-likeness (QED) is 0.912. The minimum atomic E-state index is 0.155. The molecule has 1 aromatic carbocycles. The van der Waals surface area contributed by atoms with E-state index in [-0.39, 0.29) is 5.41 Å². The first-order valence-corrected chi connectivity index (χ1v) is 8.60. The third kappa shape index (κ3) is 4.16. The van der Waals surface area contributed by atoms with Crippen molar-refractivity contribution in [3.63, 3.8) is 0 Å². The van der Waals surface area contributed by atoms with Crippen molar-refractivity contribution in [2.45, 2.75) is 40.0 Å². The molecule has 1 heterocycles. The molecule has 0 unspecified atom stereocenters. The normalized spacial score (nSPS) is 17.1. The van der Waals surface area contributed by atoms with Gasteiger partial charge < -0.3 is 15.1 Å². The Kier molecular flexibility index (Phi) is 5.38. The second-order valence-corrected chi connectivity index (χ2v) is 8.01. The van der Waals surface area contributed by atoms with Crippen molar-refractivity contribution in [3.05, 3.63) is 23.8 Å². The lowest BCUT2D eigenvalue weighted by molar-refractivity contribution is 0.313. The fourth-order valence-corrected chi connectivity index (χ4v) is 2.97. The van der Waals surface area contributed by atoms with Crippen molar-refractivity contribution in [3.8, 4) is 0 Å². The van der Waals surface area contributed by atoms with E-state index < -0.39 is 0 Å². The number of rotatable bonds is 4. The number of para-hydroxylation sites is 1. The van der Waals surface area contributed by atoms with E-state index in [0.717, 1.165) is 32.7 Å². The minimum Gasteiger partial charge on any atom is -0.383 e. The summed E-state index contributed by atoms with van der Waals surface area (Å²) in [5, 5.41) is 3.74. The van der Waals surface area contributed by atoms with Crippen molar-refractivity contribution < 1.29 is 0 Å². The van der Waals surface area contributed by atoms with Crippen molar-refractivity contribution in [1.82, 2.24) is 4.90 Å². The number of hydrogen-bond acceptors (Lipinski definition) is 3. The summed E-state index contributed by atoms with van der Waals surface area (Å²) < 4.78 is 0. The van der Waals surface area contributed by atoms with Gasteiger partial charge in [0, 0.05) is 32.7 Å². The van der Waals surface area contributed by atoms with Crippen LogP contribution in [0.1, 0.15) is 40.2 Å². The van der Waals surface area contributed by atoms with E-state index in [2.05, 4.69) is 75.0 Å². The predicted octanol–water partition coefficient (Wildman–Crippen LogP) is 3.80. The predicted molar refractivity (Wildman–Crippen MR) is 98.2 cm³/mol.